The average molecular weight is 297 g/mol. The highest BCUT2D eigenvalue weighted by Crippen LogP contribution is 2.39. The molecule has 2 rings (SSSR count). The van der Waals surface area contributed by atoms with Crippen LogP contribution < -0.4 is 9.47 Å². The first-order valence-electron chi connectivity index (χ1n) is 7.17. The molecular weight excluding hydrogens is 276 g/mol. The van der Waals surface area contributed by atoms with Gasteiger partial charge in [0.1, 0.15) is 6.29 Å². The van der Waals surface area contributed by atoms with Crippen molar-refractivity contribution in [2.24, 2.45) is 5.92 Å². The molecule has 1 fully saturated rings. The molecule has 0 saturated heterocycles. The minimum absolute atomic E-state index is 0.186. The third kappa shape index (κ3) is 3.45. The number of hydrogen-bond donors (Lipinski definition) is 0. The molecular formula is C16H21ClO3. The Morgan fingerprint density at radius 1 is 1.30 bits per heavy atom. The van der Waals surface area contributed by atoms with E-state index in [1.807, 2.05) is 0 Å². The van der Waals surface area contributed by atoms with Gasteiger partial charge in [-0.05, 0) is 43.7 Å². The molecule has 0 aliphatic heterocycles. The quantitative estimate of drug-likeness (QED) is 0.750. The summed E-state index contributed by atoms with van der Waals surface area (Å²) in [7, 11) is 1.56. The predicted molar refractivity (Wildman–Crippen MR) is 80.1 cm³/mol. The van der Waals surface area contributed by atoms with E-state index in [1.54, 1.807) is 19.2 Å². The molecule has 20 heavy (non-hydrogen) atoms. The molecule has 1 aliphatic carbocycles. The van der Waals surface area contributed by atoms with Crippen molar-refractivity contribution in [2.45, 2.75) is 45.1 Å². The summed E-state index contributed by atoms with van der Waals surface area (Å²) in [6, 6.07) is 3.27. The van der Waals surface area contributed by atoms with E-state index in [-0.39, 0.29) is 6.10 Å². The van der Waals surface area contributed by atoms with Gasteiger partial charge in [-0.2, -0.15) is 0 Å². The zero-order chi connectivity index (χ0) is 14.5. The fourth-order valence-electron chi connectivity index (χ4n) is 2.75. The van der Waals surface area contributed by atoms with Crippen molar-refractivity contribution < 1.29 is 14.3 Å². The molecule has 110 valence electrons. The number of carbonyl (C=O) groups excluding carboxylic acids is 1. The van der Waals surface area contributed by atoms with E-state index >= 15 is 0 Å². The van der Waals surface area contributed by atoms with Crippen molar-refractivity contribution in [1.29, 1.82) is 0 Å². The number of methoxy groups -OCH3 is 1. The molecule has 0 spiro atoms. The molecule has 1 aromatic carbocycles. The molecule has 0 radical (unpaired) electrons. The van der Waals surface area contributed by atoms with Crippen LogP contribution >= 0.6 is 11.6 Å². The summed E-state index contributed by atoms with van der Waals surface area (Å²) < 4.78 is 11.3. The molecule has 0 N–H and O–H groups in total. The third-order valence-electron chi connectivity index (χ3n) is 4.04. The second-order valence-electron chi connectivity index (χ2n) is 5.32. The number of hydrogen-bond acceptors (Lipinski definition) is 3. The zero-order valence-corrected chi connectivity index (χ0v) is 12.8. The zero-order valence-electron chi connectivity index (χ0n) is 12.0. The highest BCUT2D eigenvalue weighted by atomic mass is 35.5. The van der Waals surface area contributed by atoms with E-state index in [4.69, 9.17) is 21.1 Å². The molecule has 0 amide bonds. The van der Waals surface area contributed by atoms with Gasteiger partial charge in [-0.1, -0.05) is 24.9 Å². The van der Waals surface area contributed by atoms with Crippen molar-refractivity contribution >= 4 is 17.9 Å². The smallest absolute Gasteiger partial charge is 0.180 e. The summed E-state index contributed by atoms with van der Waals surface area (Å²) in [5.74, 6) is 1.90. The molecule has 0 atom stereocenters. The Morgan fingerprint density at radius 3 is 2.55 bits per heavy atom. The monoisotopic (exact) mass is 296 g/mol. The van der Waals surface area contributed by atoms with Crippen molar-refractivity contribution in [3.63, 3.8) is 0 Å². The molecule has 1 aliphatic rings. The Bertz CT molecular complexity index is 465. The van der Waals surface area contributed by atoms with E-state index in [0.717, 1.165) is 25.0 Å². The lowest BCUT2D eigenvalue weighted by atomic mass is 9.86. The maximum Gasteiger partial charge on any atom is 0.180 e. The van der Waals surface area contributed by atoms with E-state index in [1.165, 1.54) is 19.3 Å². The van der Waals surface area contributed by atoms with Crippen LogP contribution in [0.4, 0.5) is 0 Å². The van der Waals surface area contributed by atoms with Gasteiger partial charge in [-0.25, -0.2) is 0 Å². The first-order valence-corrected chi connectivity index (χ1v) is 7.55. The summed E-state index contributed by atoms with van der Waals surface area (Å²) >= 11 is 6.20. The van der Waals surface area contributed by atoms with Gasteiger partial charge >= 0.3 is 0 Å². The van der Waals surface area contributed by atoms with Crippen molar-refractivity contribution in [1.82, 2.24) is 0 Å². The molecule has 0 aromatic heterocycles. The fourth-order valence-corrected chi connectivity index (χ4v) is 3.01. The van der Waals surface area contributed by atoms with Crippen molar-refractivity contribution in [2.75, 3.05) is 7.11 Å². The molecule has 1 aromatic rings. The second-order valence-corrected chi connectivity index (χ2v) is 5.73. The van der Waals surface area contributed by atoms with Crippen LogP contribution in [0.15, 0.2) is 12.1 Å². The van der Waals surface area contributed by atoms with Crippen LogP contribution in [0.1, 0.15) is 49.4 Å². The summed E-state index contributed by atoms with van der Waals surface area (Å²) in [5.41, 5.74) is 0.494. The Hall–Kier alpha value is -1.22. The van der Waals surface area contributed by atoms with Gasteiger partial charge in [0.05, 0.1) is 18.2 Å². The van der Waals surface area contributed by atoms with E-state index in [0.29, 0.717) is 22.1 Å². The standard InChI is InChI=1S/C16H21ClO3/c1-3-11-4-6-13(7-5-11)20-16-14(17)8-12(10-18)9-15(16)19-2/h8-11,13H,3-7H2,1-2H3. The number of halogens is 1. The van der Waals surface area contributed by atoms with Gasteiger partial charge in [0.2, 0.25) is 0 Å². The highest BCUT2D eigenvalue weighted by Gasteiger charge is 2.23. The minimum atomic E-state index is 0.186. The molecule has 4 heteroatoms. The van der Waals surface area contributed by atoms with Gasteiger partial charge in [0, 0.05) is 5.56 Å². The number of aldehydes is 1. The first-order chi connectivity index (χ1) is 9.67. The van der Waals surface area contributed by atoms with Crippen LogP contribution in [0.3, 0.4) is 0 Å². The third-order valence-corrected chi connectivity index (χ3v) is 4.32. The molecule has 0 bridgehead atoms. The second kappa shape index (κ2) is 6.98. The topological polar surface area (TPSA) is 35.5 Å². The van der Waals surface area contributed by atoms with Crippen LogP contribution in [0.25, 0.3) is 0 Å². The average Bonchev–Trinajstić information content (AvgIpc) is 2.49. The fraction of sp³-hybridized carbons (Fsp3) is 0.562. The first kappa shape index (κ1) is 15.2. The van der Waals surface area contributed by atoms with Gasteiger partial charge in [0.15, 0.2) is 11.5 Å². The van der Waals surface area contributed by atoms with Crippen LogP contribution in [-0.2, 0) is 0 Å². The number of carbonyl (C=O) groups is 1. The summed E-state index contributed by atoms with van der Waals surface area (Å²) in [6.45, 7) is 2.24. The van der Waals surface area contributed by atoms with Crippen molar-refractivity contribution in [3.8, 4) is 11.5 Å². The summed E-state index contributed by atoms with van der Waals surface area (Å²) in [4.78, 5) is 10.8. The Morgan fingerprint density at radius 2 is 2.00 bits per heavy atom. The largest absolute Gasteiger partial charge is 0.493 e. The van der Waals surface area contributed by atoms with E-state index in [9.17, 15) is 4.79 Å². The Kier molecular flexibility index (Phi) is 5.30. The van der Waals surface area contributed by atoms with Gasteiger partial charge in [0.25, 0.3) is 0 Å². The minimum Gasteiger partial charge on any atom is -0.493 e. The van der Waals surface area contributed by atoms with Crippen LogP contribution in [-0.4, -0.2) is 19.5 Å². The van der Waals surface area contributed by atoms with Gasteiger partial charge < -0.3 is 9.47 Å². The maximum atomic E-state index is 10.8. The van der Waals surface area contributed by atoms with E-state index in [2.05, 4.69) is 6.92 Å². The van der Waals surface area contributed by atoms with E-state index < -0.39 is 0 Å². The highest BCUT2D eigenvalue weighted by molar-refractivity contribution is 6.32. The van der Waals surface area contributed by atoms with Crippen LogP contribution in [0, 0.1) is 5.92 Å². The lowest BCUT2D eigenvalue weighted by molar-refractivity contribution is 0.112. The molecule has 3 nitrogen and oxygen atoms in total. The van der Waals surface area contributed by atoms with Crippen molar-refractivity contribution in [3.05, 3.63) is 22.7 Å². The molecule has 0 unspecified atom stereocenters. The summed E-state index contributed by atoms with van der Waals surface area (Å²) in [6.07, 6.45) is 6.68. The number of rotatable bonds is 5. The van der Waals surface area contributed by atoms with Gasteiger partial charge in [-0.3, -0.25) is 4.79 Å². The van der Waals surface area contributed by atoms with Crippen LogP contribution in [0.5, 0.6) is 11.5 Å². The number of benzene rings is 1. The molecule has 1 saturated carbocycles. The lowest BCUT2D eigenvalue weighted by Crippen LogP contribution is -2.24. The Balaban J connectivity index is 2.11. The predicted octanol–water partition coefficient (Wildman–Crippen LogP) is 4.51. The maximum absolute atomic E-state index is 10.8. The Labute approximate surface area is 125 Å². The SMILES string of the molecule is CCC1CCC(Oc2c(Cl)cc(C=O)cc2OC)CC1. The van der Waals surface area contributed by atoms with Gasteiger partial charge in [-0.15, -0.1) is 0 Å². The lowest BCUT2D eigenvalue weighted by Gasteiger charge is -2.29. The normalized spacial score (nSPS) is 22.4. The number of ether oxygens (including phenoxy) is 2. The summed E-state index contributed by atoms with van der Waals surface area (Å²) in [5, 5.41) is 0.434. The molecule has 0 heterocycles. The van der Waals surface area contributed by atoms with Crippen LogP contribution in [0.2, 0.25) is 5.02 Å².